The average molecular weight is 334 g/mol. The van der Waals surface area contributed by atoms with Crippen LogP contribution in [0.25, 0.3) is 11.0 Å². The first-order valence-corrected chi connectivity index (χ1v) is 8.01. The van der Waals surface area contributed by atoms with Gasteiger partial charge < -0.3 is 4.98 Å². The lowest BCUT2D eigenvalue weighted by molar-refractivity contribution is 0.103. The SMILES string of the molecule is Cc1nc2ccc(C(=O)c3ccc(Cl)c(S(N)=O)c3)cc2[nH]1. The molecule has 3 N–H and O–H groups in total. The van der Waals surface area contributed by atoms with Crippen LogP contribution < -0.4 is 5.14 Å². The number of aromatic nitrogens is 2. The number of hydrogen-bond acceptors (Lipinski definition) is 3. The summed E-state index contributed by atoms with van der Waals surface area (Å²) >= 11 is 5.93. The molecule has 22 heavy (non-hydrogen) atoms. The molecule has 0 fully saturated rings. The maximum Gasteiger partial charge on any atom is 0.193 e. The topological polar surface area (TPSA) is 88.8 Å². The summed E-state index contributed by atoms with van der Waals surface area (Å²) in [5.41, 5.74) is 2.48. The van der Waals surface area contributed by atoms with Crippen LogP contribution in [-0.4, -0.2) is 20.0 Å². The summed E-state index contributed by atoms with van der Waals surface area (Å²) in [6.07, 6.45) is 0. The quantitative estimate of drug-likeness (QED) is 0.722. The maximum absolute atomic E-state index is 12.6. The fourth-order valence-corrected chi connectivity index (χ4v) is 3.09. The number of aromatic amines is 1. The minimum Gasteiger partial charge on any atom is -0.342 e. The first-order valence-electron chi connectivity index (χ1n) is 6.42. The van der Waals surface area contributed by atoms with E-state index in [1.807, 2.05) is 6.92 Å². The van der Waals surface area contributed by atoms with E-state index in [1.165, 1.54) is 12.1 Å². The van der Waals surface area contributed by atoms with E-state index in [4.69, 9.17) is 16.7 Å². The summed E-state index contributed by atoms with van der Waals surface area (Å²) in [5.74, 6) is 0.587. The third-order valence-corrected chi connectivity index (χ3v) is 4.49. The van der Waals surface area contributed by atoms with Crippen molar-refractivity contribution in [2.24, 2.45) is 5.14 Å². The van der Waals surface area contributed by atoms with Crippen molar-refractivity contribution in [3.05, 3.63) is 58.4 Å². The molecule has 0 amide bonds. The van der Waals surface area contributed by atoms with Gasteiger partial charge in [-0.05, 0) is 43.3 Å². The molecule has 2 aromatic carbocycles. The zero-order valence-corrected chi connectivity index (χ0v) is 13.2. The van der Waals surface area contributed by atoms with Gasteiger partial charge in [-0.2, -0.15) is 0 Å². The summed E-state index contributed by atoms with van der Waals surface area (Å²) in [4.78, 5) is 20.2. The second-order valence-electron chi connectivity index (χ2n) is 4.83. The van der Waals surface area contributed by atoms with Crippen molar-refractivity contribution in [1.82, 2.24) is 9.97 Å². The van der Waals surface area contributed by atoms with Gasteiger partial charge in [0.05, 0.1) is 21.0 Å². The third kappa shape index (κ3) is 2.68. The van der Waals surface area contributed by atoms with Crippen molar-refractivity contribution in [2.45, 2.75) is 11.8 Å². The molecule has 0 aliphatic carbocycles. The molecule has 0 saturated heterocycles. The van der Waals surface area contributed by atoms with Crippen LogP contribution in [0.5, 0.6) is 0 Å². The van der Waals surface area contributed by atoms with Gasteiger partial charge in [0.1, 0.15) is 16.8 Å². The lowest BCUT2D eigenvalue weighted by Crippen LogP contribution is -2.07. The minimum atomic E-state index is -1.74. The first kappa shape index (κ1) is 14.9. The molecule has 0 aliphatic rings. The van der Waals surface area contributed by atoms with Crippen LogP contribution in [0.3, 0.4) is 0 Å². The number of carbonyl (C=O) groups is 1. The maximum atomic E-state index is 12.6. The van der Waals surface area contributed by atoms with Gasteiger partial charge in [0.2, 0.25) is 0 Å². The Labute approximate surface area is 134 Å². The molecule has 1 aromatic heterocycles. The highest BCUT2D eigenvalue weighted by atomic mass is 35.5. The van der Waals surface area contributed by atoms with Crippen LogP contribution in [0.15, 0.2) is 41.3 Å². The Morgan fingerprint density at radius 3 is 2.64 bits per heavy atom. The summed E-state index contributed by atoms with van der Waals surface area (Å²) in [5, 5.41) is 5.64. The number of imidazole rings is 1. The van der Waals surface area contributed by atoms with Gasteiger partial charge in [0.15, 0.2) is 5.78 Å². The largest absolute Gasteiger partial charge is 0.342 e. The zero-order valence-electron chi connectivity index (χ0n) is 11.6. The molecule has 5 nitrogen and oxygen atoms in total. The number of nitrogens with two attached hydrogens (primary N) is 1. The van der Waals surface area contributed by atoms with E-state index in [2.05, 4.69) is 9.97 Å². The van der Waals surface area contributed by atoms with Gasteiger partial charge >= 0.3 is 0 Å². The van der Waals surface area contributed by atoms with Gasteiger partial charge in [0, 0.05) is 11.1 Å². The molecular formula is C15H12ClN3O2S. The molecule has 0 saturated carbocycles. The third-order valence-electron chi connectivity index (χ3n) is 3.27. The number of benzene rings is 2. The number of nitrogens with one attached hydrogen (secondary N) is 1. The van der Waals surface area contributed by atoms with Crippen molar-refractivity contribution in [1.29, 1.82) is 0 Å². The van der Waals surface area contributed by atoms with Crippen molar-refractivity contribution in [3.8, 4) is 0 Å². The van der Waals surface area contributed by atoms with Crippen molar-refractivity contribution >= 4 is 39.4 Å². The Hall–Kier alpha value is -2.02. The predicted octanol–water partition coefficient (Wildman–Crippen LogP) is 2.74. The Balaban J connectivity index is 2.05. The molecule has 3 rings (SSSR count). The fraction of sp³-hybridized carbons (Fsp3) is 0.0667. The predicted molar refractivity (Wildman–Crippen MR) is 86.3 cm³/mol. The van der Waals surface area contributed by atoms with Crippen molar-refractivity contribution in [3.63, 3.8) is 0 Å². The molecule has 1 unspecified atom stereocenters. The van der Waals surface area contributed by atoms with E-state index >= 15 is 0 Å². The summed E-state index contributed by atoms with van der Waals surface area (Å²) < 4.78 is 11.4. The molecule has 1 atom stereocenters. The highest BCUT2D eigenvalue weighted by molar-refractivity contribution is 7.82. The normalized spacial score (nSPS) is 12.5. The molecule has 0 spiro atoms. The van der Waals surface area contributed by atoms with Crippen molar-refractivity contribution < 1.29 is 9.00 Å². The van der Waals surface area contributed by atoms with Crippen LogP contribution in [0.4, 0.5) is 0 Å². The van der Waals surface area contributed by atoms with Crippen LogP contribution in [0.2, 0.25) is 5.02 Å². The van der Waals surface area contributed by atoms with Crippen LogP contribution in [-0.2, 0) is 11.0 Å². The fourth-order valence-electron chi connectivity index (χ4n) is 2.24. The van der Waals surface area contributed by atoms with Gasteiger partial charge in [0.25, 0.3) is 0 Å². The molecular weight excluding hydrogens is 322 g/mol. The molecule has 0 aliphatic heterocycles. The summed E-state index contributed by atoms with van der Waals surface area (Å²) in [6.45, 7) is 1.85. The van der Waals surface area contributed by atoms with E-state index in [9.17, 15) is 9.00 Å². The van der Waals surface area contributed by atoms with Gasteiger partial charge in [-0.1, -0.05) is 11.6 Å². The van der Waals surface area contributed by atoms with E-state index in [0.717, 1.165) is 16.9 Å². The summed E-state index contributed by atoms with van der Waals surface area (Å²) in [6, 6.07) is 9.80. The monoisotopic (exact) mass is 333 g/mol. The average Bonchev–Trinajstić information content (AvgIpc) is 2.85. The molecule has 112 valence electrons. The number of nitrogens with zero attached hydrogens (tertiary/aromatic N) is 1. The van der Waals surface area contributed by atoms with Crippen LogP contribution in [0.1, 0.15) is 21.7 Å². The standard InChI is InChI=1S/C15H12ClN3O2S/c1-8-18-12-5-3-9(6-13(12)19-8)15(20)10-2-4-11(16)14(7-10)22(17)21/h2-7H,17H2,1H3,(H,18,19). The number of rotatable bonds is 3. The first-order chi connectivity index (χ1) is 10.5. The number of fused-ring (bicyclic) bond motifs is 1. The smallest absolute Gasteiger partial charge is 0.193 e. The number of ketones is 1. The molecule has 7 heteroatoms. The second kappa shape index (κ2) is 5.64. The van der Waals surface area contributed by atoms with E-state index in [0.29, 0.717) is 11.1 Å². The number of carbonyl (C=O) groups excluding carboxylic acids is 1. The number of aryl methyl sites for hydroxylation is 1. The van der Waals surface area contributed by atoms with E-state index in [1.54, 1.807) is 24.3 Å². The van der Waals surface area contributed by atoms with Crippen molar-refractivity contribution in [2.75, 3.05) is 0 Å². The number of halogens is 1. The molecule has 0 bridgehead atoms. The highest BCUT2D eigenvalue weighted by Crippen LogP contribution is 2.22. The zero-order chi connectivity index (χ0) is 15.9. The summed E-state index contributed by atoms with van der Waals surface area (Å²) in [7, 11) is -1.74. The molecule has 1 heterocycles. The lowest BCUT2D eigenvalue weighted by Gasteiger charge is -2.05. The lowest BCUT2D eigenvalue weighted by atomic mass is 10.0. The Bertz CT molecular complexity index is 920. The van der Waals surface area contributed by atoms with Crippen LogP contribution in [0, 0.1) is 6.92 Å². The second-order valence-corrected chi connectivity index (χ2v) is 6.27. The Kier molecular flexibility index (Phi) is 3.82. The number of H-pyrrole nitrogens is 1. The molecule has 3 aromatic rings. The number of hydrogen-bond donors (Lipinski definition) is 2. The molecule has 0 radical (unpaired) electrons. The minimum absolute atomic E-state index is 0.197. The van der Waals surface area contributed by atoms with Gasteiger partial charge in [-0.3, -0.25) is 4.79 Å². The Morgan fingerprint density at radius 2 is 1.91 bits per heavy atom. The van der Waals surface area contributed by atoms with E-state index < -0.39 is 11.0 Å². The highest BCUT2D eigenvalue weighted by Gasteiger charge is 2.14. The van der Waals surface area contributed by atoms with Gasteiger partial charge in [-0.25, -0.2) is 14.3 Å². The van der Waals surface area contributed by atoms with Crippen LogP contribution >= 0.6 is 11.6 Å². The van der Waals surface area contributed by atoms with E-state index in [-0.39, 0.29) is 15.7 Å². The Morgan fingerprint density at radius 1 is 1.23 bits per heavy atom. The van der Waals surface area contributed by atoms with Gasteiger partial charge in [-0.15, -0.1) is 0 Å².